The van der Waals surface area contributed by atoms with Crippen molar-refractivity contribution in [1.29, 1.82) is 0 Å². The topological polar surface area (TPSA) is 119 Å². The van der Waals surface area contributed by atoms with Crippen LogP contribution in [0.15, 0.2) is 54.6 Å². The third-order valence-corrected chi connectivity index (χ3v) is 5.15. The Morgan fingerprint density at radius 2 is 1.88 bits per heavy atom. The predicted molar refractivity (Wildman–Crippen MR) is 127 cm³/mol. The van der Waals surface area contributed by atoms with Crippen molar-refractivity contribution in [3.8, 4) is 0 Å². The predicted octanol–water partition coefficient (Wildman–Crippen LogP) is 4.91. The fourth-order valence-electron chi connectivity index (χ4n) is 3.22. The molecule has 1 aromatic heterocycles. The van der Waals surface area contributed by atoms with Crippen molar-refractivity contribution in [1.82, 2.24) is 9.78 Å². The van der Waals surface area contributed by atoms with Gasteiger partial charge < -0.3 is 10.6 Å². The molecule has 0 radical (unpaired) electrons. The summed E-state index contributed by atoms with van der Waals surface area (Å²) >= 11 is 6.29. The molecule has 0 aliphatic heterocycles. The molecule has 2 N–H and O–H groups in total. The van der Waals surface area contributed by atoms with E-state index in [1.54, 1.807) is 41.9 Å². The van der Waals surface area contributed by atoms with Crippen LogP contribution < -0.4 is 10.6 Å². The average molecular weight is 468 g/mol. The minimum absolute atomic E-state index is 0.0978. The van der Waals surface area contributed by atoms with Gasteiger partial charge in [-0.1, -0.05) is 23.7 Å². The molecule has 0 bridgehead atoms. The summed E-state index contributed by atoms with van der Waals surface area (Å²) < 4.78 is 1.64. The summed E-state index contributed by atoms with van der Waals surface area (Å²) in [6.07, 6.45) is 2.56. The number of aromatic nitrogens is 2. The second-order valence-electron chi connectivity index (χ2n) is 7.37. The molecule has 1 heterocycles. The Kier molecular flexibility index (Phi) is 7.24. The molecule has 0 saturated heterocycles. The molecule has 0 fully saturated rings. The van der Waals surface area contributed by atoms with Crippen molar-refractivity contribution in [3.63, 3.8) is 0 Å². The molecule has 0 aliphatic carbocycles. The lowest BCUT2D eigenvalue weighted by molar-refractivity contribution is -0.385. The number of carbonyl (C=O) groups excluding carboxylic acids is 2. The van der Waals surface area contributed by atoms with Crippen LogP contribution in [0.5, 0.6) is 0 Å². The van der Waals surface area contributed by atoms with Crippen LogP contribution >= 0.6 is 11.6 Å². The lowest BCUT2D eigenvalue weighted by Crippen LogP contribution is -2.25. The van der Waals surface area contributed by atoms with Gasteiger partial charge in [0.25, 0.3) is 5.69 Å². The fourth-order valence-corrected chi connectivity index (χ4v) is 3.45. The zero-order chi connectivity index (χ0) is 24.1. The number of halogens is 1. The van der Waals surface area contributed by atoms with Crippen LogP contribution in [0.25, 0.3) is 6.08 Å². The highest BCUT2D eigenvalue weighted by molar-refractivity contribution is 6.34. The van der Waals surface area contributed by atoms with Gasteiger partial charge in [-0.2, -0.15) is 5.10 Å². The number of benzene rings is 2. The van der Waals surface area contributed by atoms with Crippen LogP contribution in [-0.2, 0) is 9.59 Å². The Balaban J connectivity index is 1.66. The molecule has 0 saturated carbocycles. The van der Waals surface area contributed by atoms with E-state index in [-0.39, 0.29) is 16.6 Å². The first-order valence-corrected chi connectivity index (χ1v) is 10.4. The molecule has 3 aromatic rings. The molecule has 9 nitrogen and oxygen atoms in total. The molecule has 10 heteroatoms. The fraction of sp³-hybridized carbons (Fsp3) is 0.174. The third-order valence-electron chi connectivity index (χ3n) is 4.83. The number of nitro benzene ring substituents is 1. The van der Waals surface area contributed by atoms with Crippen LogP contribution in [0.1, 0.15) is 29.9 Å². The first-order chi connectivity index (χ1) is 15.7. The van der Waals surface area contributed by atoms with Crippen LogP contribution in [0, 0.1) is 24.0 Å². The first kappa shape index (κ1) is 23.7. The monoisotopic (exact) mass is 467 g/mol. The number of aryl methyl sites for hydroxylation is 2. The van der Waals surface area contributed by atoms with E-state index in [9.17, 15) is 19.7 Å². The maximum atomic E-state index is 12.6. The van der Waals surface area contributed by atoms with E-state index in [4.69, 9.17) is 11.6 Å². The Bertz CT molecular complexity index is 1250. The normalized spacial score (nSPS) is 11.9. The number of nitrogens with zero attached hydrogens (tertiary/aromatic N) is 3. The Morgan fingerprint density at radius 3 is 2.52 bits per heavy atom. The van der Waals surface area contributed by atoms with E-state index in [1.807, 2.05) is 19.9 Å². The number of amides is 2. The van der Waals surface area contributed by atoms with E-state index in [2.05, 4.69) is 15.7 Å². The second-order valence-corrected chi connectivity index (χ2v) is 7.78. The standard InChI is InChI=1S/C23H22ClN5O4/c1-14-12-15(2)28(27-14)16(3)23(31)26-20-10-9-18(13-19(20)24)25-22(30)11-8-17-6-4-5-7-21(17)29(32)33/h4-13,16H,1-3H3,(H,25,30)(H,26,31)/b11-8-/t16-/m0/s1. The number of para-hydroxylation sites is 1. The van der Waals surface area contributed by atoms with Gasteiger partial charge in [-0.3, -0.25) is 24.4 Å². The summed E-state index contributed by atoms with van der Waals surface area (Å²) in [7, 11) is 0. The number of rotatable bonds is 7. The smallest absolute Gasteiger partial charge is 0.276 e. The Hall–Kier alpha value is -3.98. The third kappa shape index (κ3) is 5.83. The summed E-state index contributed by atoms with van der Waals surface area (Å²) in [5, 5.41) is 21.0. The summed E-state index contributed by atoms with van der Waals surface area (Å²) in [6, 6.07) is 12.1. The van der Waals surface area contributed by atoms with E-state index in [1.165, 1.54) is 24.3 Å². The van der Waals surface area contributed by atoms with E-state index < -0.39 is 16.9 Å². The molecule has 2 aromatic carbocycles. The van der Waals surface area contributed by atoms with Gasteiger partial charge in [0.15, 0.2) is 0 Å². The van der Waals surface area contributed by atoms with Crippen molar-refractivity contribution in [2.24, 2.45) is 0 Å². The quantitative estimate of drug-likeness (QED) is 0.290. The number of anilines is 2. The zero-order valence-corrected chi connectivity index (χ0v) is 19.0. The van der Waals surface area contributed by atoms with Gasteiger partial charge in [0.05, 0.1) is 26.9 Å². The molecule has 0 aliphatic rings. The van der Waals surface area contributed by atoms with E-state index in [0.29, 0.717) is 16.9 Å². The molecule has 2 amide bonds. The highest BCUT2D eigenvalue weighted by atomic mass is 35.5. The minimum Gasteiger partial charge on any atom is -0.323 e. The molecule has 3 rings (SSSR count). The number of nitrogens with one attached hydrogen (secondary N) is 2. The molecule has 33 heavy (non-hydrogen) atoms. The van der Waals surface area contributed by atoms with Crippen molar-refractivity contribution in [2.45, 2.75) is 26.8 Å². The molecular weight excluding hydrogens is 446 g/mol. The number of carbonyl (C=O) groups is 2. The van der Waals surface area contributed by atoms with Crippen molar-refractivity contribution in [3.05, 3.63) is 86.7 Å². The van der Waals surface area contributed by atoms with E-state index in [0.717, 1.165) is 11.4 Å². The SMILES string of the molecule is Cc1cc(C)n([C@@H](C)C(=O)Nc2ccc(NC(=O)/C=C\c3ccccc3[N+](=O)[O-])cc2Cl)n1. The highest BCUT2D eigenvalue weighted by Crippen LogP contribution is 2.27. The lowest BCUT2D eigenvalue weighted by atomic mass is 10.1. The number of hydrogen-bond donors (Lipinski definition) is 2. The zero-order valence-electron chi connectivity index (χ0n) is 18.2. The maximum Gasteiger partial charge on any atom is 0.276 e. The minimum atomic E-state index is -0.540. The van der Waals surface area contributed by atoms with Crippen molar-refractivity contribution >= 4 is 46.6 Å². The highest BCUT2D eigenvalue weighted by Gasteiger charge is 2.19. The van der Waals surface area contributed by atoms with Gasteiger partial charge in [-0.05, 0) is 57.2 Å². The van der Waals surface area contributed by atoms with Crippen LogP contribution in [0.4, 0.5) is 17.1 Å². The molecule has 1 atom stereocenters. The number of hydrogen-bond acceptors (Lipinski definition) is 5. The summed E-state index contributed by atoms with van der Waals surface area (Å²) in [4.78, 5) is 35.4. The maximum absolute atomic E-state index is 12.6. The average Bonchev–Trinajstić information content (AvgIpc) is 3.11. The van der Waals surface area contributed by atoms with Gasteiger partial charge >= 0.3 is 0 Å². The van der Waals surface area contributed by atoms with Crippen LogP contribution in [0.3, 0.4) is 0 Å². The van der Waals surface area contributed by atoms with Gasteiger partial charge in [0, 0.05) is 23.5 Å². The van der Waals surface area contributed by atoms with Gasteiger partial charge in [-0.15, -0.1) is 0 Å². The summed E-state index contributed by atoms with van der Waals surface area (Å²) in [5.74, 6) is -0.772. The van der Waals surface area contributed by atoms with Gasteiger partial charge in [0.2, 0.25) is 11.8 Å². The van der Waals surface area contributed by atoms with E-state index >= 15 is 0 Å². The molecule has 0 unspecified atom stereocenters. The van der Waals surface area contributed by atoms with Crippen molar-refractivity contribution < 1.29 is 14.5 Å². The molecule has 170 valence electrons. The largest absolute Gasteiger partial charge is 0.323 e. The Labute approximate surface area is 195 Å². The van der Waals surface area contributed by atoms with Crippen molar-refractivity contribution in [2.75, 3.05) is 10.6 Å². The Morgan fingerprint density at radius 1 is 1.15 bits per heavy atom. The van der Waals surface area contributed by atoms with Gasteiger partial charge in [-0.25, -0.2) is 0 Å². The second kappa shape index (κ2) is 10.1. The van der Waals surface area contributed by atoms with Crippen LogP contribution in [0.2, 0.25) is 5.02 Å². The van der Waals surface area contributed by atoms with Crippen LogP contribution in [-0.4, -0.2) is 26.5 Å². The summed E-state index contributed by atoms with van der Waals surface area (Å²) in [5.41, 5.74) is 2.70. The number of nitro groups is 1. The lowest BCUT2D eigenvalue weighted by Gasteiger charge is -2.15. The molecule has 0 spiro atoms. The summed E-state index contributed by atoms with van der Waals surface area (Å²) in [6.45, 7) is 5.47. The van der Waals surface area contributed by atoms with Gasteiger partial charge in [0.1, 0.15) is 6.04 Å². The molecular formula is C23H22ClN5O4. The first-order valence-electron chi connectivity index (χ1n) is 10.0.